The first kappa shape index (κ1) is 11.5. The van der Waals surface area contributed by atoms with Gasteiger partial charge in [0.05, 0.1) is 0 Å². The van der Waals surface area contributed by atoms with Crippen molar-refractivity contribution in [2.24, 2.45) is 17.8 Å². The van der Waals surface area contributed by atoms with E-state index in [0.717, 1.165) is 37.6 Å². The normalized spacial score (nSPS) is 40.2. The van der Waals surface area contributed by atoms with E-state index in [1.165, 1.54) is 25.7 Å². The smallest absolute Gasteiger partial charge is 0.226 e. The van der Waals surface area contributed by atoms with Gasteiger partial charge in [-0.2, -0.15) is 0 Å². The molecule has 1 saturated heterocycles. The van der Waals surface area contributed by atoms with Crippen LogP contribution in [-0.4, -0.2) is 35.1 Å². The summed E-state index contributed by atoms with van der Waals surface area (Å²) in [5, 5.41) is 9.10. The number of carbonyl (C=O) groups is 1. The van der Waals surface area contributed by atoms with Crippen LogP contribution in [0.15, 0.2) is 0 Å². The van der Waals surface area contributed by atoms with Gasteiger partial charge in [0.15, 0.2) is 0 Å². The Hall–Kier alpha value is -0.570. The van der Waals surface area contributed by atoms with Crippen molar-refractivity contribution < 1.29 is 9.90 Å². The Bertz CT molecular complexity index is 293. The maximum absolute atomic E-state index is 12.5. The highest BCUT2D eigenvalue weighted by Gasteiger charge is 2.57. The summed E-state index contributed by atoms with van der Waals surface area (Å²) in [7, 11) is 0. The molecule has 3 fully saturated rings. The summed E-state index contributed by atoms with van der Waals surface area (Å²) in [6.45, 7) is 1.14. The molecule has 3 atom stereocenters. The van der Waals surface area contributed by atoms with Crippen LogP contribution in [0.5, 0.6) is 0 Å². The first-order chi connectivity index (χ1) is 8.33. The third kappa shape index (κ3) is 1.99. The summed E-state index contributed by atoms with van der Waals surface area (Å²) in [5.74, 6) is 2.22. The van der Waals surface area contributed by atoms with Gasteiger partial charge < -0.3 is 10.0 Å². The van der Waals surface area contributed by atoms with E-state index < -0.39 is 0 Å². The highest BCUT2D eigenvalue weighted by atomic mass is 16.3. The van der Waals surface area contributed by atoms with Crippen LogP contribution in [0.4, 0.5) is 0 Å². The summed E-state index contributed by atoms with van der Waals surface area (Å²) >= 11 is 0. The molecule has 3 nitrogen and oxygen atoms in total. The third-order valence-corrected chi connectivity index (χ3v) is 5.06. The molecule has 3 heteroatoms. The van der Waals surface area contributed by atoms with Crippen LogP contribution in [0.3, 0.4) is 0 Å². The van der Waals surface area contributed by atoms with Gasteiger partial charge in [-0.15, -0.1) is 0 Å². The van der Waals surface area contributed by atoms with Gasteiger partial charge in [-0.25, -0.2) is 0 Å². The second-order valence-electron chi connectivity index (χ2n) is 5.98. The summed E-state index contributed by atoms with van der Waals surface area (Å²) in [6.07, 6.45) is 8.11. The maximum Gasteiger partial charge on any atom is 0.226 e. The largest absolute Gasteiger partial charge is 0.396 e. The summed E-state index contributed by atoms with van der Waals surface area (Å²) in [6, 6.07) is 0.322. The number of aliphatic hydroxyl groups excluding tert-OH is 1. The summed E-state index contributed by atoms with van der Waals surface area (Å²) in [4.78, 5) is 14.6. The van der Waals surface area contributed by atoms with E-state index >= 15 is 0 Å². The minimum Gasteiger partial charge on any atom is -0.396 e. The maximum atomic E-state index is 12.5. The van der Waals surface area contributed by atoms with Gasteiger partial charge in [0, 0.05) is 25.1 Å². The molecule has 0 aromatic rings. The zero-order valence-corrected chi connectivity index (χ0v) is 10.5. The Morgan fingerprint density at radius 2 is 1.88 bits per heavy atom. The molecular formula is C14H23NO2. The Morgan fingerprint density at radius 3 is 2.59 bits per heavy atom. The van der Waals surface area contributed by atoms with Gasteiger partial charge in [0.25, 0.3) is 0 Å². The van der Waals surface area contributed by atoms with E-state index in [0.29, 0.717) is 17.9 Å². The van der Waals surface area contributed by atoms with Crippen molar-refractivity contribution in [3.8, 4) is 0 Å². The molecule has 0 aromatic carbocycles. The standard InChI is InChI=1S/C14H23NO2/c16-9-7-10-4-1-2-8-15(10)14(17)13-11-5-3-6-12(11)13/h10-13,16H,1-9H2. The Kier molecular flexibility index (Phi) is 3.12. The predicted octanol–water partition coefficient (Wildman–Crippen LogP) is 1.80. The lowest BCUT2D eigenvalue weighted by Gasteiger charge is -2.36. The van der Waals surface area contributed by atoms with Gasteiger partial charge in [-0.05, 0) is 50.4 Å². The number of fused-ring (bicyclic) bond motifs is 1. The lowest BCUT2D eigenvalue weighted by molar-refractivity contribution is -0.137. The van der Waals surface area contributed by atoms with Gasteiger partial charge in [0.1, 0.15) is 0 Å². The molecule has 0 bridgehead atoms. The van der Waals surface area contributed by atoms with E-state index in [2.05, 4.69) is 4.90 Å². The van der Waals surface area contributed by atoms with Crippen molar-refractivity contribution in [3.05, 3.63) is 0 Å². The molecule has 1 aliphatic heterocycles. The van der Waals surface area contributed by atoms with Crippen LogP contribution >= 0.6 is 0 Å². The molecule has 1 heterocycles. The van der Waals surface area contributed by atoms with Crippen molar-refractivity contribution in [1.29, 1.82) is 0 Å². The van der Waals surface area contributed by atoms with Crippen LogP contribution in [0.1, 0.15) is 44.9 Å². The molecule has 2 aliphatic carbocycles. The number of aliphatic hydroxyl groups is 1. The van der Waals surface area contributed by atoms with E-state index in [1.54, 1.807) is 0 Å². The summed E-state index contributed by atoms with van der Waals surface area (Å²) < 4.78 is 0. The topological polar surface area (TPSA) is 40.5 Å². The number of hydrogen-bond donors (Lipinski definition) is 1. The van der Waals surface area contributed by atoms with Crippen LogP contribution in [0.2, 0.25) is 0 Å². The number of nitrogens with zero attached hydrogens (tertiary/aromatic N) is 1. The average molecular weight is 237 g/mol. The average Bonchev–Trinajstić information content (AvgIpc) is 2.82. The zero-order valence-electron chi connectivity index (χ0n) is 10.5. The van der Waals surface area contributed by atoms with Crippen molar-refractivity contribution in [3.63, 3.8) is 0 Å². The highest BCUT2D eigenvalue weighted by Crippen LogP contribution is 2.58. The molecule has 1 amide bonds. The number of likely N-dealkylation sites (tertiary alicyclic amines) is 1. The van der Waals surface area contributed by atoms with Gasteiger partial charge >= 0.3 is 0 Å². The molecule has 3 rings (SSSR count). The molecule has 2 saturated carbocycles. The first-order valence-electron chi connectivity index (χ1n) is 7.24. The number of amides is 1. The Labute approximate surface area is 103 Å². The fraction of sp³-hybridized carbons (Fsp3) is 0.929. The number of hydrogen-bond acceptors (Lipinski definition) is 2. The van der Waals surface area contributed by atoms with Crippen molar-refractivity contribution >= 4 is 5.91 Å². The highest BCUT2D eigenvalue weighted by molar-refractivity contribution is 5.83. The SMILES string of the molecule is O=C(C1C2CCCC21)N1CCCCC1CCO. The first-order valence-corrected chi connectivity index (χ1v) is 7.24. The number of piperidine rings is 1. The molecule has 3 unspecified atom stereocenters. The van der Waals surface area contributed by atoms with Crippen molar-refractivity contribution in [1.82, 2.24) is 4.90 Å². The van der Waals surface area contributed by atoms with Gasteiger partial charge in [-0.1, -0.05) is 6.42 Å². The van der Waals surface area contributed by atoms with Crippen LogP contribution < -0.4 is 0 Å². The minimum atomic E-state index is 0.214. The predicted molar refractivity (Wildman–Crippen MR) is 65.4 cm³/mol. The van der Waals surface area contributed by atoms with Crippen LogP contribution in [0.25, 0.3) is 0 Å². The third-order valence-electron chi connectivity index (χ3n) is 5.06. The molecule has 1 N–H and O–H groups in total. The van der Waals surface area contributed by atoms with E-state index in [4.69, 9.17) is 5.11 Å². The molecule has 0 radical (unpaired) electrons. The molecule has 0 spiro atoms. The lowest BCUT2D eigenvalue weighted by Crippen LogP contribution is -2.45. The fourth-order valence-corrected chi connectivity index (χ4v) is 4.12. The van der Waals surface area contributed by atoms with Crippen molar-refractivity contribution in [2.75, 3.05) is 13.2 Å². The second-order valence-corrected chi connectivity index (χ2v) is 5.98. The van der Waals surface area contributed by atoms with E-state index in [9.17, 15) is 4.79 Å². The van der Waals surface area contributed by atoms with Crippen molar-refractivity contribution in [2.45, 2.75) is 51.0 Å². The number of rotatable bonds is 3. The Balaban J connectivity index is 1.63. The van der Waals surface area contributed by atoms with E-state index in [1.807, 2.05) is 0 Å². The van der Waals surface area contributed by atoms with E-state index in [-0.39, 0.29) is 6.61 Å². The molecule has 3 aliphatic rings. The minimum absolute atomic E-state index is 0.214. The zero-order chi connectivity index (χ0) is 11.8. The second kappa shape index (κ2) is 4.60. The fourth-order valence-electron chi connectivity index (χ4n) is 4.12. The lowest BCUT2D eigenvalue weighted by atomic mass is 9.98. The quantitative estimate of drug-likeness (QED) is 0.813. The Morgan fingerprint density at radius 1 is 1.12 bits per heavy atom. The molecule has 0 aromatic heterocycles. The number of carbonyl (C=O) groups excluding carboxylic acids is 1. The molecular weight excluding hydrogens is 214 g/mol. The van der Waals surface area contributed by atoms with Gasteiger partial charge in [0.2, 0.25) is 5.91 Å². The summed E-state index contributed by atoms with van der Waals surface area (Å²) in [5.41, 5.74) is 0. The van der Waals surface area contributed by atoms with Crippen LogP contribution in [0, 0.1) is 17.8 Å². The molecule has 96 valence electrons. The van der Waals surface area contributed by atoms with Crippen LogP contribution in [-0.2, 0) is 4.79 Å². The molecule has 17 heavy (non-hydrogen) atoms. The van der Waals surface area contributed by atoms with Gasteiger partial charge in [-0.3, -0.25) is 4.79 Å². The monoisotopic (exact) mass is 237 g/mol.